The Bertz CT molecular complexity index is 990. The number of aromatic hydroxyl groups is 1. The van der Waals surface area contributed by atoms with E-state index in [0.717, 1.165) is 0 Å². The first-order valence-electron chi connectivity index (χ1n) is 9.84. The molecule has 0 saturated carbocycles. The predicted molar refractivity (Wildman–Crippen MR) is 116 cm³/mol. The van der Waals surface area contributed by atoms with Gasteiger partial charge < -0.3 is 25.6 Å². The number of hydrogen-bond acceptors (Lipinski definition) is 7. The van der Waals surface area contributed by atoms with E-state index in [-0.39, 0.29) is 18.1 Å². The second-order valence-electron chi connectivity index (χ2n) is 6.96. The molecular weight excluding hydrogens is 438 g/mol. The van der Waals surface area contributed by atoms with E-state index in [1.807, 2.05) is 0 Å². The van der Waals surface area contributed by atoms with Gasteiger partial charge in [-0.05, 0) is 37.1 Å². The third kappa shape index (κ3) is 4.57. The van der Waals surface area contributed by atoms with Gasteiger partial charge in [0.15, 0.2) is 0 Å². The highest BCUT2D eigenvalue weighted by Gasteiger charge is 2.54. The molecule has 3 rings (SSSR count). The van der Waals surface area contributed by atoms with Crippen LogP contribution in [-0.4, -0.2) is 62.8 Å². The molecule has 2 aliphatic heterocycles. The second-order valence-corrected chi connectivity index (χ2v) is 8.07. The molecule has 0 bridgehead atoms. The van der Waals surface area contributed by atoms with Crippen molar-refractivity contribution in [3.8, 4) is 5.75 Å². The number of carboxylic acids is 1. The highest BCUT2D eigenvalue weighted by atomic mass is 32.2. The van der Waals surface area contributed by atoms with Gasteiger partial charge in [0, 0.05) is 5.75 Å². The van der Waals surface area contributed by atoms with Crippen molar-refractivity contribution in [1.82, 2.24) is 15.5 Å². The number of benzene rings is 1. The fourth-order valence-electron chi connectivity index (χ4n) is 3.47. The van der Waals surface area contributed by atoms with Crippen LogP contribution in [0.3, 0.4) is 0 Å². The number of amides is 3. The lowest BCUT2D eigenvalue weighted by atomic mass is 10.0. The van der Waals surface area contributed by atoms with Crippen molar-refractivity contribution in [3.63, 3.8) is 0 Å². The third-order valence-electron chi connectivity index (χ3n) is 4.89. The second kappa shape index (κ2) is 9.77. The average molecular weight is 461 g/mol. The van der Waals surface area contributed by atoms with Gasteiger partial charge in [-0.25, -0.2) is 9.59 Å². The fourth-order valence-corrected chi connectivity index (χ4v) is 4.79. The van der Waals surface area contributed by atoms with Crippen LogP contribution in [0.1, 0.15) is 25.5 Å². The van der Waals surface area contributed by atoms with Crippen molar-refractivity contribution in [2.24, 2.45) is 0 Å². The Morgan fingerprint density at radius 2 is 2.00 bits per heavy atom. The van der Waals surface area contributed by atoms with Crippen LogP contribution in [0.25, 0.3) is 0 Å². The number of thioether (sulfide) groups is 1. The van der Waals surface area contributed by atoms with E-state index >= 15 is 0 Å². The van der Waals surface area contributed by atoms with Gasteiger partial charge >= 0.3 is 12.1 Å². The van der Waals surface area contributed by atoms with Crippen molar-refractivity contribution in [2.45, 2.75) is 31.3 Å². The molecule has 3 amide bonds. The first-order chi connectivity index (χ1) is 15.3. The van der Waals surface area contributed by atoms with E-state index in [1.165, 1.54) is 40.9 Å². The van der Waals surface area contributed by atoms with Gasteiger partial charge in [-0.1, -0.05) is 24.3 Å². The summed E-state index contributed by atoms with van der Waals surface area (Å²) < 4.78 is 4.86. The van der Waals surface area contributed by atoms with E-state index in [9.17, 15) is 29.4 Å². The summed E-state index contributed by atoms with van der Waals surface area (Å²) in [4.78, 5) is 50.6. The predicted octanol–water partition coefficient (Wildman–Crippen LogP) is 1.49. The lowest BCUT2D eigenvalue weighted by molar-refractivity contribution is -0.150. The van der Waals surface area contributed by atoms with Crippen molar-refractivity contribution in [1.29, 1.82) is 0 Å². The smallest absolute Gasteiger partial charge is 0.408 e. The van der Waals surface area contributed by atoms with Gasteiger partial charge in [0.1, 0.15) is 28.9 Å². The molecule has 4 N–H and O–H groups in total. The number of allylic oxidation sites excluding steroid dienone is 2. The summed E-state index contributed by atoms with van der Waals surface area (Å²) in [5.41, 5.74) is 0.794. The maximum Gasteiger partial charge on any atom is 0.408 e. The Morgan fingerprint density at radius 3 is 2.59 bits per heavy atom. The van der Waals surface area contributed by atoms with Crippen LogP contribution in [0.2, 0.25) is 0 Å². The first-order valence-corrected chi connectivity index (χ1v) is 10.9. The normalized spacial score (nSPS) is 20.9. The number of aliphatic carboxylic acids is 1. The van der Waals surface area contributed by atoms with Crippen LogP contribution in [-0.2, 0) is 19.1 Å². The Morgan fingerprint density at radius 1 is 1.31 bits per heavy atom. The molecule has 0 spiro atoms. The van der Waals surface area contributed by atoms with Crippen LogP contribution in [0.15, 0.2) is 47.7 Å². The van der Waals surface area contributed by atoms with Gasteiger partial charge in [0.25, 0.3) is 5.91 Å². The van der Waals surface area contributed by atoms with Crippen LogP contribution in [0.5, 0.6) is 5.75 Å². The number of β-lactam (4-membered cyclic amide) rings is 1. The third-order valence-corrected chi connectivity index (χ3v) is 6.19. The highest BCUT2D eigenvalue weighted by molar-refractivity contribution is 8.00. The van der Waals surface area contributed by atoms with Crippen molar-refractivity contribution in [3.05, 3.63) is 53.3 Å². The zero-order valence-electron chi connectivity index (χ0n) is 17.4. The van der Waals surface area contributed by atoms with E-state index in [4.69, 9.17) is 4.74 Å². The SMILES string of the molecule is C/C=C/C1=C(C(=O)O)N2C(=O)[C@@H](NC(=O)[C@H](NC(=O)OCC)c3ccc(O)cc3)[C@H]2SC1. The summed E-state index contributed by atoms with van der Waals surface area (Å²) in [6.45, 7) is 3.47. The quantitative estimate of drug-likeness (QED) is 0.447. The molecule has 11 heteroatoms. The zero-order chi connectivity index (χ0) is 23.4. The highest BCUT2D eigenvalue weighted by Crippen LogP contribution is 2.40. The van der Waals surface area contributed by atoms with Crippen molar-refractivity contribution < 1.29 is 34.1 Å². The minimum atomic E-state index is -1.22. The maximum absolute atomic E-state index is 13.0. The number of fused-ring (bicyclic) bond motifs is 1. The molecule has 10 nitrogen and oxygen atoms in total. The minimum absolute atomic E-state index is 0.0163. The molecule has 32 heavy (non-hydrogen) atoms. The Hall–Kier alpha value is -3.47. The number of nitrogens with zero attached hydrogens (tertiary/aromatic N) is 1. The number of carboxylic acid groups (broad SMARTS) is 1. The molecule has 0 radical (unpaired) electrons. The van der Waals surface area contributed by atoms with Crippen LogP contribution >= 0.6 is 11.8 Å². The topological polar surface area (TPSA) is 145 Å². The number of carbonyl (C=O) groups excluding carboxylic acids is 3. The van der Waals surface area contributed by atoms with E-state index in [1.54, 1.807) is 26.0 Å². The molecule has 2 heterocycles. The van der Waals surface area contributed by atoms with Gasteiger partial charge in [-0.2, -0.15) is 0 Å². The van der Waals surface area contributed by atoms with Gasteiger partial charge in [-0.15, -0.1) is 11.8 Å². The van der Waals surface area contributed by atoms with Gasteiger partial charge in [0.05, 0.1) is 6.61 Å². The summed E-state index contributed by atoms with van der Waals surface area (Å²) in [5, 5.41) is 23.6. The molecule has 2 aliphatic rings. The molecular formula is C21H23N3O7S. The standard InChI is InChI=1S/C21H23N3O7S/c1-3-5-12-10-32-19-15(18(27)24(19)16(12)20(28)29)22-17(26)14(23-21(30)31-4-2)11-6-8-13(25)9-7-11/h3,5-9,14-15,19,25H,4,10H2,1-2H3,(H,22,26)(H,23,30)(H,28,29)/b5-3+/t14-,15-,19-/m1/s1. The number of nitrogens with one attached hydrogen (secondary N) is 2. The van der Waals surface area contributed by atoms with Gasteiger partial charge in [0.2, 0.25) is 5.91 Å². The number of phenolic OH excluding ortho intramolecular Hbond substituents is 1. The first kappa shape index (κ1) is 23.2. The lowest BCUT2D eigenvalue weighted by Gasteiger charge is -2.49. The van der Waals surface area contributed by atoms with Crippen LogP contribution < -0.4 is 10.6 Å². The number of ether oxygens (including phenoxy) is 1. The Kier molecular flexibility index (Phi) is 7.08. The summed E-state index contributed by atoms with van der Waals surface area (Å²) in [6.07, 6.45) is 2.53. The zero-order valence-corrected chi connectivity index (χ0v) is 18.2. The fraction of sp³-hybridized carbons (Fsp3) is 0.333. The minimum Gasteiger partial charge on any atom is -0.508 e. The molecule has 170 valence electrons. The maximum atomic E-state index is 13.0. The largest absolute Gasteiger partial charge is 0.508 e. The Balaban J connectivity index is 1.80. The molecule has 0 aromatic heterocycles. The average Bonchev–Trinajstić information content (AvgIpc) is 2.76. The Labute approximate surface area is 188 Å². The molecule has 1 fully saturated rings. The molecule has 1 aromatic carbocycles. The van der Waals surface area contributed by atoms with E-state index < -0.39 is 41.3 Å². The number of phenols is 1. The van der Waals surface area contributed by atoms with Crippen molar-refractivity contribution >= 4 is 35.6 Å². The van der Waals surface area contributed by atoms with E-state index in [2.05, 4.69) is 10.6 Å². The van der Waals surface area contributed by atoms with E-state index in [0.29, 0.717) is 16.9 Å². The number of rotatable bonds is 7. The number of carbonyl (C=O) groups is 4. The summed E-state index contributed by atoms with van der Waals surface area (Å²) >= 11 is 1.34. The lowest BCUT2D eigenvalue weighted by Crippen LogP contribution is -2.71. The summed E-state index contributed by atoms with van der Waals surface area (Å²) in [5.74, 6) is -2.07. The van der Waals surface area contributed by atoms with Crippen molar-refractivity contribution in [2.75, 3.05) is 12.4 Å². The number of hydrogen-bond donors (Lipinski definition) is 4. The molecule has 0 aliphatic carbocycles. The summed E-state index contributed by atoms with van der Waals surface area (Å²) in [6, 6.07) is 3.52. The van der Waals surface area contributed by atoms with Crippen LogP contribution in [0, 0.1) is 0 Å². The van der Waals surface area contributed by atoms with Gasteiger partial charge in [-0.3, -0.25) is 14.5 Å². The molecule has 3 atom stereocenters. The monoisotopic (exact) mass is 461 g/mol. The summed E-state index contributed by atoms with van der Waals surface area (Å²) in [7, 11) is 0. The number of alkyl carbamates (subject to hydrolysis) is 1. The molecule has 0 unspecified atom stereocenters. The molecule has 1 saturated heterocycles. The van der Waals surface area contributed by atoms with Crippen LogP contribution in [0.4, 0.5) is 4.79 Å². The molecule has 1 aromatic rings.